The van der Waals surface area contributed by atoms with Crippen LogP contribution in [0, 0.1) is 0 Å². The smallest absolute Gasteiger partial charge is 0.0662 e. The Bertz CT molecular complexity index is 89.7. The van der Waals surface area contributed by atoms with Crippen LogP contribution in [0.1, 0.15) is 51.9 Å². The van der Waals surface area contributed by atoms with Gasteiger partial charge in [-0.05, 0) is 13.3 Å². The molecule has 0 saturated heterocycles. The lowest BCUT2D eigenvalue weighted by molar-refractivity contribution is 0.148. The standard InChI is InChI=1S/C6H12.C4H10O2.C2H6O2/c1-2-4-6-5-3-1;1-4(6)2-3-5;3-1-2-4/h1-6H2;4-6H,2-3H2,1H3;3-4H,1-2H2. The fourth-order valence-corrected chi connectivity index (χ4v) is 1.25. The van der Waals surface area contributed by atoms with E-state index in [1.54, 1.807) is 6.92 Å². The molecule has 1 rings (SSSR count). The van der Waals surface area contributed by atoms with Gasteiger partial charge in [-0.25, -0.2) is 0 Å². The molecule has 4 nitrogen and oxygen atoms in total. The van der Waals surface area contributed by atoms with Crippen LogP contribution in [0.4, 0.5) is 0 Å². The minimum absolute atomic E-state index is 0.0810. The second-order valence-corrected chi connectivity index (χ2v) is 3.93. The number of hydrogen-bond donors (Lipinski definition) is 4. The van der Waals surface area contributed by atoms with Crippen LogP contribution in [0.5, 0.6) is 0 Å². The molecule has 1 saturated carbocycles. The molecule has 1 atom stereocenters. The van der Waals surface area contributed by atoms with Crippen LogP contribution >= 0.6 is 0 Å². The van der Waals surface area contributed by atoms with Crippen molar-refractivity contribution in [2.75, 3.05) is 19.8 Å². The van der Waals surface area contributed by atoms with Gasteiger partial charge in [-0.2, -0.15) is 0 Å². The van der Waals surface area contributed by atoms with Gasteiger partial charge >= 0.3 is 0 Å². The quantitative estimate of drug-likeness (QED) is 0.590. The summed E-state index contributed by atoms with van der Waals surface area (Å²) in [4.78, 5) is 0. The molecule has 1 aliphatic rings. The molecule has 1 fully saturated rings. The fraction of sp³-hybridized carbons (Fsp3) is 1.00. The van der Waals surface area contributed by atoms with Crippen LogP contribution in [0.25, 0.3) is 0 Å². The van der Waals surface area contributed by atoms with Crippen molar-refractivity contribution in [3.05, 3.63) is 0 Å². The SMILES string of the molecule is C1CCCCC1.CC(O)CCO.OCCO. The molecule has 0 aromatic carbocycles. The largest absolute Gasteiger partial charge is 0.396 e. The first-order valence-corrected chi connectivity index (χ1v) is 6.19. The van der Waals surface area contributed by atoms with Gasteiger partial charge in [0.05, 0.1) is 19.3 Å². The molecule has 4 heteroatoms. The lowest BCUT2D eigenvalue weighted by Gasteiger charge is -2.05. The van der Waals surface area contributed by atoms with Gasteiger partial charge in [-0.3, -0.25) is 0 Å². The number of hydrogen-bond acceptors (Lipinski definition) is 4. The molecule has 0 radical (unpaired) electrons. The predicted molar refractivity (Wildman–Crippen MR) is 65.3 cm³/mol. The molecular weight excluding hydrogens is 208 g/mol. The summed E-state index contributed by atoms with van der Waals surface area (Å²) >= 11 is 0. The zero-order chi connectivity index (χ0) is 12.6. The summed E-state index contributed by atoms with van der Waals surface area (Å²) in [6, 6.07) is 0. The monoisotopic (exact) mass is 236 g/mol. The molecular formula is C12H28O4. The van der Waals surface area contributed by atoms with Gasteiger partial charge in [-0.15, -0.1) is 0 Å². The van der Waals surface area contributed by atoms with Gasteiger partial charge in [0.15, 0.2) is 0 Å². The molecule has 0 amide bonds. The van der Waals surface area contributed by atoms with E-state index in [1.165, 1.54) is 38.5 Å². The van der Waals surface area contributed by atoms with E-state index < -0.39 is 0 Å². The van der Waals surface area contributed by atoms with Gasteiger partial charge in [0.1, 0.15) is 0 Å². The molecule has 1 aliphatic carbocycles. The van der Waals surface area contributed by atoms with Crippen molar-refractivity contribution in [1.82, 2.24) is 0 Å². The molecule has 4 N–H and O–H groups in total. The third kappa shape index (κ3) is 23.6. The summed E-state index contributed by atoms with van der Waals surface area (Å²) in [7, 11) is 0. The normalized spacial score (nSPS) is 16.3. The second kappa shape index (κ2) is 17.2. The van der Waals surface area contributed by atoms with Gasteiger partial charge < -0.3 is 20.4 Å². The Morgan fingerprint density at radius 3 is 1.12 bits per heavy atom. The highest BCUT2D eigenvalue weighted by atomic mass is 16.3. The third-order valence-corrected chi connectivity index (χ3v) is 2.15. The van der Waals surface area contributed by atoms with Crippen molar-refractivity contribution in [3.8, 4) is 0 Å². The van der Waals surface area contributed by atoms with Crippen molar-refractivity contribution < 1.29 is 20.4 Å². The van der Waals surface area contributed by atoms with E-state index in [0.717, 1.165) is 0 Å². The van der Waals surface area contributed by atoms with Crippen LogP contribution in [-0.4, -0.2) is 46.4 Å². The lowest BCUT2D eigenvalue weighted by atomic mass is 10.0. The Kier molecular flexibility index (Phi) is 19.6. The minimum atomic E-state index is -0.352. The summed E-state index contributed by atoms with van der Waals surface area (Å²) in [6.07, 6.45) is 9.13. The first-order valence-electron chi connectivity index (χ1n) is 6.19. The first-order chi connectivity index (χ1) is 7.68. The maximum absolute atomic E-state index is 8.39. The fourth-order valence-electron chi connectivity index (χ4n) is 1.25. The molecule has 1 unspecified atom stereocenters. The van der Waals surface area contributed by atoms with Crippen molar-refractivity contribution in [1.29, 1.82) is 0 Å². The van der Waals surface area contributed by atoms with E-state index >= 15 is 0 Å². The average molecular weight is 236 g/mol. The summed E-state index contributed by atoms with van der Waals surface area (Å²) in [5.74, 6) is 0. The van der Waals surface area contributed by atoms with E-state index in [1.807, 2.05) is 0 Å². The van der Waals surface area contributed by atoms with Crippen molar-refractivity contribution in [3.63, 3.8) is 0 Å². The highest BCUT2D eigenvalue weighted by molar-refractivity contribution is 4.51. The second-order valence-electron chi connectivity index (χ2n) is 3.93. The van der Waals surface area contributed by atoms with E-state index in [2.05, 4.69) is 0 Å². The Labute approximate surface area is 98.9 Å². The van der Waals surface area contributed by atoms with Crippen LogP contribution in [0.15, 0.2) is 0 Å². The molecule has 0 spiro atoms. The summed E-state index contributed by atoms with van der Waals surface area (Å²) in [6.45, 7) is 1.48. The average Bonchev–Trinajstić information content (AvgIpc) is 2.32. The highest BCUT2D eigenvalue weighted by Gasteiger charge is 1.95. The Morgan fingerprint density at radius 2 is 1.06 bits per heavy atom. The molecule has 100 valence electrons. The van der Waals surface area contributed by atoms with Crippen LogP contribution < -0.4 is 0 Å². The molecule has 0 aromatic rings. The molecule has 0 aromatic heterocycles. The van der Waals surface area contributed by atoms with E-state index in [9.17, 15) is 0 Å². The van der Waals surface area contributed by atoms with Gasteiger partial charge in [0.2, 0.25) is 0 Å². The van der Waals surface area contributed by atoms with E-state index in [-0.39, 0.29) is 25.9 Å². The number of rotatable bonds is 3. The van der Waals surface area contributed by atoms with Gasteiger partial charge in [0, 0.05) is 6.61 Å². The van der Waals surface area contributed by atoms with Gasteiger partial charge in [0.25, 0.3) is 0 Å². The molecule has 0 aliphatic heterocycles. The Morgan fingerprint density at radius 1 is 0.750 bits per heavy atom. The zero-order valence-electron chi connectivity index (χ0n) is 10.4. The predicted octanol–water partition coefficient (Wildman–Crippen LogP) is 1.06. The Hall–Kier alpha value is -0.160. The van der Waals surface area contributed by atoms with Crippen LogP contribution in [-0.2, 0) is 0 Å². The summed E-state index contributed by atoms with van der Waals surface area (Å²) in [5, 5.41) is 31.7. The van der Waals surface area contributed by atoms with Crippen molar-refractivity contribution >= 4 is 0 Å². The van der Waals surface area contributed by atoms with Gasteiger partial charge in [-0.1, -0.05) is 38.5 Å². The number of aliphatic hydroxyl groups is 4. The molecule has 0 bridgehead atoms. The van der Waals surface area contributed by atoms with Crippen molar-refractivity contribution in [2.45, 2.75) is 58.0 Å². The topological polar surface area (TPSA) is 80.9 Å². The van der Waals surface area contributed by atoms with E-state index in [4.69, 9.17) is 20.4 Å². The van der Waals surface area contributed by atoms with Crippen LogP contribution in [0.2, 0.25) is 0 Å². The lowest BCUT2D eigenvalue weighted by Crippen LogP contribution is -2.00. The number of aliphatic hydroxyl groups excluding tert-OH is 4. The van der Waals surface area contributed by atoms with E-state index in [0.29, 0.717) is 6.42 Å². The maximum Gasteiger partial charge on any atom is 0.0662 e. The highest BCUT2D eigenvalue weighted by Crippen LogP contribution is 2.15. The summed E-state index contributed by atoms with van der Waals surface area (Å²) < 4.78 is 0. The minimum Gasteiger partial charge on any atom is -0.396 e. The Balaban J connectivity index is 0. The third-order valence-electron chi connectivity index (χ3n) is 2.15. The zero-order valence-corrected chi connectivity index (χ0v) is 10.4. The van der Waals surface area contributed by atoms with Crippen LogP contribution in [0.3, 0.4) is 0 Å². The maximum atomic E-state index is 8.39. The van der Waals surface area contributed by atoms with Crippen molar-refractivity contribution in [2.24, 2.45) is 0 Å². The molecule has 16 heavy (non-hydrogen) atoms. The first kappa shape index (κ1) is 18.2. The summed E-state index contributed by atoms with van der Waals surface area (Å²) in [5.41, 5.74) is 0. The molecule has 0 heterocycles.